The first-order valence-corrected chi connectivity index (χ1v) is 7.26. The topological polar surface area (TPSA) is 78.9 Å². The molecule has 7 heteroatoms. The molecule has 2 N–H and O–H groups in total. The maximum Gasteiger partial charge on any atom is 0.261 e. The summed E-state index contributed by atoms with van der Waals surface area (Å²) in [4.78, 5) is 25.7. The van der Waals surface area contributed by atoms with E-state index in [0.717, 1.165) is 0 Å². The van der Waals surface area contributed by atoms with E-state index in [-0.39, 0.29) is 37.9 Å². The van der Waals surface area contributed by atoms with E-state index in [1.54, 1.807) is 19.2 Å². The van der Waals surface area contributed by atoms with Crippen molar-refractivity contribution in [1.29, 1.82) is 0 Å². The molecule has 0 aliphatic heterocycles. The van der Waals surface area contributed by atoms with Gasteiger partial charge in [0.05, 0.1) is 18.1 Å². The zero-order valence-corrected chi connectivity index (χ0v) is 12.3. The molecule has 0 atom stereocenters. The molecule has 112 valence electrons. The molecule has 6 nitrogen and oxygen atoms in total. The van der Waals surface area contributed by atoms with Crippen molar-refractivity contribution in [3.8, 4) is 0 Å². The van der Waals surface area contributed by atoms with Crippen LogP contribution in [0.2, 0.25) is 0 Å². The highest BCUT2D eigenvalue weighted by atomic mass is 32.1. The van der Waals surface area contributed by atoms with Gasteiger partial charge in [-0.25, -0.2) is 0 Å². The van der Waals surface area contributed by atoms with Gasteiger partial charge < -0.3 is 20.1 Å². The van der Waals surface area contributed by atoms with Crippen molar-refractivity contribution in [3.63, 3.8) is 0 Å². The molecule has 0 spiro atoms. The van der Waals surface area contributed by atoms with Crippen LogP contribution in [0.5, 0.6) is 0 Å². The third-order valence-electron chi connectivity index (χ3n) is 2.66. The Morgan fingerprint density at radius 2 is 2.25 bits per heavy atom. The standard InChI is InChI=1S/C13H20N2O4S/c1-19-9-7-15(6-8-16)12(17)4-5-14-13(18)11-3-2-10-20-11/h2-3,10,16H,4-9H2,1H3,(H,14,18). The van der Waals surface area contributed by atoms with Crippen LogP contribution in [0, 0.1) is 0 Å². The van der Waals surface area contributed by atoms with Gasteiger partial charge in [-0.15, -0.1) is 11.3 Å². The van der Waals surface area contributed by atoms with Crippen LogP contribution < -0.4 is 5.32 Å². The van der Waals surface area contributed by atoms with Gasteiger partial charge in [0, 0.05) is 33.2 Å². The number of carbonyl (C=O) groups excluding carboxylic acids is 2. The Labute approximate surface area is 122 Å². The van der Waals surface area contributed by atoms with Crippen LogP contribution in [0.3, 0.4) is 0 Å². The van der Waals surface area contributed by atoms with Crippen molar-refractivity contribution < 1.29 is 19.4 Å². The summed E-state index contributed by atoms with van der Waals surface area (Å²) in [6.45, 7) is 1.34. The van der Waals surface area contributed by atoms with Crippen LogP contribution in [-0.4, -0.2) is 61.8 Å². The minimum Gasteiger partial charge on any atom is -0.395 e. The highest BCUT2D eigenvalue weighted by Crippen LogP contribution is 2.07. The Morgan fingerprint density at radius 3 is 2.85 bits per heavy atom. The molecule has 0 aliphatic rings. The summed E-state index contributed by atoms with van der Waals surface area (Å²) in [5.41, 5.74) is 0. The molecule has 0 aliphatic carbocycles. The highest BCUT2D eigenvalue weighted by molar-refractivity contribution is 7.12. The number of thiophene rings is 1. The van der Waals surface area contributed by atoms with Gasteiger partial charge in [0.15, 0.2) is 0 Å². The predicted molar refractivity (Wildman–Crippen MR) is 76.8 cm³/mol. The molecule has 1 aromatic rings. The summed E-state index contributed by atoms with van der Waals surface area (Å²) in [6.07, 6.45) is 0.209. The monoisotopic (exact) mass is 300 g/mol. The minimum absolute atomic E-state index is 0.0863. The summed E-state index contributed by atoms with van der Waals surface area (Å²) >= 11 is 1.36. The van der Waals surface area contributed by atoms with Gasteiger partial charge in [0.2, 0.25) is 5.91 Å². The molecule has 0 radical (unpaired) electrons. The minimum atomic E-state index is -0.168. The molecule has 0 saturated heterocycles. The van der Waals surface area contributed by atoms with E-state index >= 15 is 0 Å². The molecule has 1 aromatic heterocycles. The number of rotatable bonds is 9. The lowest BCUT2D eigenvalue weighted by atomic mass is 10.3. The van der Waals surface area contributed by atoms with Crippen molar-refractivity contribution in [2.24, 2.45) is 0 Å². The first-order chi connectivity index (χ1) is 9.69. The van der Waals surface area contributed by atoms with Crippen LogP contribution >= 0.6 is 11.3 Å². The van der Waals surface area contributed by atoms with Crippen molar-refractivity contribution in [2.45, 2.75) is 6.42 Å². The molecule has 20 heavy (non-hydrogen) atoms. The van der Waals surface area contributed by atoms with Crippen LogP contribution in [0.1, 0.15) is 16.1 Å². The van der Waals surface area contributed by atoms with Gasteiger partial charge in [-0.05, 0) is 11.4 Å². The zero-order valence-electron chi connectivity index (χ0n) is 11.5. The lowest BCUT2D eigenvalue weighted by Crippen LogP contribution is -2.38. The molecule has 0 bridgehead atoms. The van der Waals surface area contributed by atoms with Crippen molar-refractivity contribution in [1.82, 2.24) is 10.2 Å². The van der Waals surface area contributed by atoms with E-state index in [2.05, 4.69) is 5.32 Å². The third kappa shape index (κ3) is 5.68. The maximum absolute atomic E-state index is 11.9. The fourth-order valence-corrected chi connectivity index (χ4v) is 2.26. The highest BCUT2D eigenvalue weighted by Gasteiger charge is 2.13. The molecule has 0 unspecified atom stereocenters. The van der Waals surface area contributed by atoms with E-state index in [1.807, 2.05) is 5.38 Å². The molecule has 1 heterocycles. The number of ether oxygens (including phenoxy) is 1. The predicted octanol–water partition coefficient (Wildman–Crippen LogP) is 0.335. The lowest BCUT2D eigenvalue weighted by molar-refractivity contribution is -0.132. The SMILES string of the molecule is COCCN(CCO)C(=O)CCNC(=O)c1cccs1. The van der Waals surface area contributed by atoms with Gasteiger partial charge in [0.25, 0.3) is 5.91 Å². The van der Waals surface area contributed by atoms with Gasteiger partial charge in [-0.2, -0.15) is 0 Å². The molecular weight excluding hydrogens is 280 g/mol. The zero-order chi connectivity index (χ0) is 14.8. The largest absolute Gasteiger partial charge is 0.395 e. The second-order valence-electron chi connectivity index (χ2n) is 4.08. The number of nitrogens with zero attached hydrogens (tertiary/aromatic N) is 1. The fraction of sp³-hybridized carbons (Fsp3) is 0.538. The molecular formula is C13H20N2O4S. The van der Waals surface area contributed by atoms with E-state index in [9.17, 15) is 9.59 Å². The van der Waals surface area contributed by atoms with Crippen LogP contribution in [-0.2, 0) is 9.53 Å². The van der Waals surface area contributed by atoms with E-state index in [0.29, 0.717) is 18.0 Å². The smallest absolute Gasteiger partial charge is 0.261 e. The van der Waals surface area contributed by atoms with Crippen molar-refractivity contribution in [3.05, 3.63) is 22.4 Å². The second-order valence-corrected chi connectivity index (χ2v) is 5.03. The van der Waals surface area contributed by atoms with E-state index < -0.39 is 0 Å². The number of hydrogen-bond acceptors (Lipinski definition) is 5. The number of aliphatic hydroxyl groups is 1. The van der Waals surface area contributed by atoms with Gasteiger partial charge in [0.1, 0.15) is 0 Å². The summed E-state index contributed by atoms with van der Waals surface area (Å²) in [5.74, 6) is -0.277. The van der Waals surface area contributed by atoms with Crippen LogP contribution in [0.25, 0.3) is 0 Å². The van der Waals surface area contributed by atoms with Crippen molar-refractivity contribution >= 4 is 23.2 Å². The average Bonchev–Trinajstić information content (AvgIpc) is 2.97. The molecule has 0 aromatic carbocycles. The summed E-state index contributed by atoms with van der Waals surface area (Å²) in [6, 6.07) is 3.54. The average molecular weight is 300 g/mol. The Hall–Kier alpha value is -1.44. The fourth-order valence-electron chi connectivity index (χ4n) is 1.62. The number of nitrogens with one attached hydrogen (secondary N) is 1. The number of carbonyl (C=O) groups is 2. The number of amides is 2. The number of methoxy groups -OCH3 is 1. The van der Waals surface area contributed by atoms with Crippen LogP contribution in [0.15, 0.2) is 17.5 Å². The number of aliphatic hydroxyl groups excluding tert-OH is 1. The molecule has 1 rings (SSSR count). The third-order valence-corrected chi connectivity index (χ3v) is 3.53. The quantitative estimate of drug-likeness (QED) is 0.689. The lowest BCUT2D eigenvalue weighted by Gasteiger charge is -2.21. The maximum atomic E-state index is 11.9. The van der Waals surface area contributed by atoms with Crippen molar-refractivity contribution in [2.75, 3.05) is 40.0 Å². The summed E-state index contributed by atoms with van der Waals surface area (Å²) in [7, 11) is 1.56. The first kappa shape index (κ1) is 16.6. The van der Waals surface area contributed by atoms with E-state index in [1.165, 1.54) is 16.2 Å². The van der Waals surface area contributed by atoms with Gasteiger partial charge in [-0.1, -0.05) is 6.07 Å². The van der Waals surface area contributed by atoms with Crippen LogP contribution in [0.4, 0.5) is 0 Å². The van der Waals surface area contributed by atoms with E-state index in [4.69, 9.17) is 9.84 Å². The second kappa shape index (κ2) is 9.46. The summed E-state index contributed by atoms with van der Waals surface area (Å²) in [5, 5.41) is 13.4. The molecule has 2 amide bonds. The number of hydrogen-bond donors (Lipinski definition) is 2. The Bertz CT molecular complexity index is 409. The normalized spacial score (nSPS) is 10.3. The van der Waals surface area contributed by atoms with Gasteiger partial charge >= 0.3 is 0 Å². The summed E-state index contributed by atoms with van der Waals surface area (Å²) < 4.78 is 4.92. The first-order valence-electron chi connectivity index (χ1n) is 6.38. The molecule has 0 saturated carbocycles. The Morgan fingerprint density at radius 1 is 1.45 bits per heavy atom. The Balaban J connectivity index is 2.31. The molecule has 0 fully saturated rings. The Kier molecular flexibility index (Phi) is 7.86. The van der Waals surface area contributed by atoms with Gasteiger partial charge in [-0.3, -0.25) is 9.59 Å².